The number of methoxy groups -OCH3 is 1. The number of likely N-dealkylation sites (tertiary alicyclic amines) is 1. The molecule has 0 spiro atoms. The lowest BCUT2D eigenvalue weighted by Gasteiger charge is -2.36. The van der Waals surface area contributed by atoms with E-state index in [0.29, 0.717) is 12.0 Å². The molecule has 0 unspecified atom stereocenters. The van der Waals surface area contributed by atoms with Gasteiger partial charge >= 0.3 is 0 Å². The second-order valence-corrected chi connectivity index (χ2v) is 10.4. The summed E-state index contributed by atoms with van der Waals surface area (Å²) in [5.74, 6) is -0.543. The lowest BCUT2D eigenvalue weighted by Crippen LogP contribution is -2.52. The van der Waals surface area contributed by atoms with Gasteiger partial charge in [0.2, 0.25) is 5.91 Å². The van der Waals surface area contributed by atoms with Gasteiger partial charge in [-0.1, -0.05) is 13.8 Å². The highest BCUT2D eigenvalue weighted by Gasteiger charge is 2.52. The maximum Gasteiger partial charge on any atom is 0.251 e. The molecule has 4 atom stereocenters. The van der Waals surface area contributed by atoms with Gasteiger partial charge in [-0.2, -0.15) is 0 Å². The Morgan fingerprint density at radius 3 is 2.50 bits per heavy atom. The van der Waals surface area contributed by atoms with E-state index in [1.54, 1.807) is 19.2 Å². The Labute approximate surface area is 213 Å². The van der Waals surface area contributed by atoms with Gasteiger partial charge in [0.05, 0.1) is 12.6 Å². The van der Waals surface area contributed by atoms with Crippen LogP contribution in [-0.2, 0) is 19.1 Å². The Balaban J connectivity index is 1.38. The Morgan fingerprint density at radius 2 is 1.86 bits per heavy atom. The fraction of sp³-hybridized carbons (Fsp3) is 0.654. The summed E-state index contributed by atoms with van der Waals surface area (Å²) in [6, 6.07) is 5.71. The number of hydrogen-bond donors (Lipinski definition) is 2. The first-order chi connectivity index (χ1) is 17.3. The van der Waals surface area contributed by atoms with E-state index in [0.717, 1.165) is 45.0 Å². The smallest absolute Gasteiger partial charge is 0.251 e. The molecule has 0 saturated carbocycles. The number of piperazine rings is 1. The molecular formula is C26H39N5O5. The minimum Gasteiger partial charge on any atom is -0.383 e. The Morgan fingerprint density at radius 1 is 1.17 bits per heavy atom. The third-order valence-corrected chi connectivity index (χ3v) is 7.30. The first-order valence-corrected chi connectivity index (χ1v) is 12.9. The molecular weight excluding hydrogens is 462 g/mol. The number of ether oxygens (including phenoxy) is 2. The average Bonchev–Trinajstić information content (AvgIpc) is 3.42. The standard InChI is InChI=1S/C26H39N5O5/c1-17(2)14-21(26(34)31-15-20(27)24-23(31)22(32)16-36-24)28-25(33)18-4-6-19(7-5-18)30-10-8-29(9-11-30)12-13-35-3/h4-7,17,20-21,23-24H,8-16,27H2,1-3H3,(H,28,33)/t20-,21+,23-,24-/m1/s1. The van der Waals surface area contributed by atoms with Crippen LogP contribution >= 0.6 is 0 Å². The van der Waals surface area contributed by atoms with Crippen LogP contribution in [0.2, 0.25) is 0 Å². The van der Waals surface area contributed by atoms with Crippen LogP contribution in [0.1, 0.15) is 30.6 Å². The van der Waals surface area contributed by atoms with Gasteiger partial charge in [-0.25, -0.2) is 0 Å². The van der Waals surface area contributed by atoms with Gasteiger partial charge in [0.25, 0.3) is 5.91 Å². The molecule has 3 saturated heterocycles. The normalized spacial score (nSPS) is 25.4. The van der Waals surface area contributed by atoms with Gasteiger partial charge in [-0.3, -0.25) is 19.3 Å². The summed E-state index contributed by atoms with van der Waals surface area (Å²) >= 11 is 0. The number of anilines is 1. The van der Waals surface area contributed by atoms with E-state index in [9.17, 15) is 14.4 Å². The van der Waals surface area contributed by atoms with Crippen molar-refractivity contribution in [3.63, 3.8) is 0 Å². The molecule has 4 rings (SSSR count). The second-order valence-electron chi connectivity index (χ2n) is 10.4. The molecule has 0 bridgehead atoms. The number of fused-ring (bicyclic) bond motifs is 1. The molecule has 198 valence electrons. The summed E-state index contributed by atoms with van der Waals surface area (Å²) in [5.41, 5.74) is 7.71. The topological polar surface area (TPSA) is 117 Å². The molecule has 10 heteroatoms. The van der Waals surface area contributed by atoms with E-state index in [4.69, 9.17) is 15.2 Å². The lowest BCUT2D eigenvalue weighted by molar-refractivity contribution is -0.138. The second kappa shape index (κ2) is 11.7. The predicted molar refractivity (Wildman–Crippen MR) is 136 cm³/mol. The Kier molecular flexibility index (Phi) is 8.61. The zero-order chi connectivity index (χ0) is 25.8. The summed E-state index contributed by atoms with van der Waals surface area (Å²) in [7, 11) is 1.72. The Bertz CT molecular complexity index is 931. The van der Waals surface area contributed by atoms with Crippen molar-refractivity contribution < 1.29 is 23.9 Å². The van der Waals surface area contributed by atoms with E-state index >= 15 is 0 Å². The van der Waals surface area contributed by atoms with E-state index in [1.165, 1.54) is 4.90 Å². The van der Waals surface area contributed by atoms with Crippen molar-refractivity contribution in [1.29, 1.82) is 0 Å². The highest BCUT2D eigenvalue weighted by atomic mass is 16.5. The minimum atomic E-state index is -0.739. The molecule has 2 amide bonds. The monoisotopic (exact) mass is 501 g/mol. The molecule has 3 fully saturated rings. The van der Waals surface area contributed by atoms with E-state index in [1.807, 2.05) is 26.0 Å². The number of benzene rings is 1. The number of hydrogen-bond acceptors (Lipinski definition) is 8. The van der Waals surface area contributed by atoms with Gasteiger partial charge in [0.1, 0.15) is 24.8 Å². The highest BCUT2D eigenvalue weighted by Crippen LogP contribution is 2.28. The van der Waals surface area contributed by atoms with Gasteiger partial charge in [-0.15, -0.1) is 0 Å². The molecule has 1 aromatic carbocycles. The molecule has 10 nitrogen and oxygen atoms in total. The van der Waals surface area contributed by atoms with Gasteiger partial charge < -0.3 is 30.3 Å². The fourth-order valence-corrected chi connectivity index (χ4v) is 5.33. The largest absolute Gasteiger partial charge is 0.383 e. The molecule has 0 radical (unpaired) electrons. The number of amides is 2. The average molecular weight is 502 g/mol. The molecule has 3 N–H and O–H groups in total. The van der Waals surface area contributed by atoms with Crippen LogP contribution in [0.5, 0.6) is 0 Å². The van der Waals surface area contributed by atoms with E-state index in [-0.39, 0.29) is 36.7 Å². The van der Waals surface area contributed by atoms with Crippen LogP contribution in [0, 0.1) is 5.92 Å². The van der Waals surface area contributed by atoms with Crippen molar-refractivity contribution in [2.45, 2.75) is 44.5 Å². The summed E-state index contributed by atoms with van der Waals surface area (Å²) < 4.78 is 10.7. The number of rotatable bonds is 9. The van der Waals surface area contributed by atoms with Crippen molar-refractivity contribution in [3.05, 3.63) is 29.8 Å². The number of ketones is 1. The first kappa shape index (κ1) is 26.5. The van der Waals surface area contributed by atoms with E-state index < -0.39 is 24.2 Å². The van der Waals surface area contributed by atoms with Gasteiger partial charge in [0.15, 0.2) is 5.78 Å². The lowest BCUT2D eigenvalue weighted by atomic mass is 10.0. The number of nitrogens with zero attached hydrogens (tertiary/aromatic N) is 3. The minimum absolute atomic E-state index is 0.0252. The van der Waals surface area contributed by atoms with Crippen LogP contribution in [0.3, 0.4) is 0 Å². The summed E-state index contributed by atoms with van der Waals surface area (Å²) in [5, 5.41) is 2.92. The van der Waals surface area contributed by atoms with Crippen LogP contribution in [0.15, 0.2) is 24.3 Å². The molecule has 3 heterocycles. The number of nitrogens with two attached hydrogens (primary N) is 1. The van der Waals surface area contributed by atoms with Crippen LogP contribution in [0.25, 0.3) is 0 Å². The van der Waals surface area contributed by atoms with Crippen molar-refractivity contribution in [1.82, 2.24) is 15.1 Å². The SMILES string of the molecule is COCCN1CCN(c2ccc(C(=O)N[C@@H](CC(C)C)C(=O)N3C[C@@H](N)[C@H]4OCC(=O)[C@H]43)cc2)CC1. The zero-order valence-electron chi connectivity index (χ0n) is 21.5. The quantitative estimate of drug-likeness (QED) is 0.490. The number of nitrogens with one attached hydrogen (secondary N) is 1. The zero-order valence-corrected chi connectivity index (χ0v) is 21.5. The fourth-order valence-electron chi connectivity index (χ4n) is 5.33. The van der Waals surface area contributed by atoms with E-state index in [2.05, 4.69) is 15.1 Å². The molecule has 3 aliphatic heterocycles. The molecule has 36 heavy (non-hydrogen) atoms. The Hall–Kier alpha value is -2.53. The maximum absolute atomic E-state index is 13.5. The van der Waals surface area contributed by atoms with Crippen molar-refractivity contribution in [3.8, 4) is 0 Å². The van der Waals surface area contributed by atoms with Crippen molar-refractivity contribution in [2.75, 3.05) is 64.5 Å². The summed E-state index contributed by atoms with van der Waals surface area (Å²) in [6.07, 6.45) is 0.00000278. The van der Waals surface area contributed by atoms with Crippen molar-refractivity contribution in [2.24, 2.45) is 11.7 Å². The highest BCUT2D eigenvalue weighted by molar-refractivity contribution is 5.99. The molecule has 3 aliphatic rings. The molecule has 0 aromatic heterocycles. The van der Waals surface area contributed by atoms with Crippen molar-refractivity contribution >= 4 is 23.3 Å². The maximum atomic E-state index is 13.5. The summed E-state index contributed by atoms with van der Waals surface area (Å²) in [4.78, 5) is 45.1. The third-order valence-electron chi connectivity index (χ3n) is 7.30. The van der Waals surface area contributed by atoms with Crippen LogP contribution in [0.4, 0.5) is 5.69 Å². The third kappa shape index (κ3) is 5.88. The number of carbonyl (C=O) groups is 3. The first-order valence-electron chi connectivity index (χ1n) is 12.9. The number of carbonyl (C=O) groups excluding carboxylic acids is 3. The van der Waals surface area contributed by atoms with Gasteiger partial charge in [0, 0.05) is 57.6 Å². The van der Waals surface area contributed by atoms with Gasteiger partial charge in [-0.05, 0) is 36.6 Å². The molecule has 1 aromatic rings. The number of Topliss-reactive ketones (excluding diaryl/α,β-unsaturated/α-hetero) is 1. The molecule has 0 aliphatic carbocycles. The predicted octanol–water partition coefficient (Wildman–Crippen LogP) is 0.106. The van der Waals surface area contributed by atoms with Crippen LogP contribution in [-0.4, -0.2) is 111 Å². The van der Waals surface area contributed by atoms with Crippen LogP contribution < -0.4 is 16.0 Å². The summed E-state index contributed by atoms with van der Waals surface area (Å²) in [6.45, 7) is 9.68.